The third kappa shape index (κ3) is 3.66. The van der Waals surface area contributed by atoms with Gasteiger partial charge in [0.05, 0.1) is 6.26 Å². The first-order valence-electron chi connectivity index (χ1n) is 5.83. The molecule has 0 aliphatic carbocycles. The second kappa shape index (κ2) is 5.87. The van der Waals surface area contributed by atoms with Gasteiger partial charge in [0.15, 0.2) is 0 Å². The van der Waals surface area contributed by atoms with E-state index in [0.29, 0.717) is 17.2 Å². The molecule has 1 atom stereocenters. The number of rotatable bonds is 6. The maximum atomic E-state index is 12.1. The summed E-state index contributed by atoms with van der Waals surface area (Å²) in [6.07, 6.45) is 2.09. The molecule has 0 spiro atoms. The summed E-state index contributed by atoms with van der Waals surface area (Å²) in [7, 11) is -3.48. The van der Waals surface area contributed by atoms with Crippen molar-refractivity contribution in [2.45, 2.75) is 30.1 Å². The van der Waals surface area contributed by atoms with Crippen LogP contribution in [0.5, 0.6) is 0 Å². The number of nitrogens with two attached hydrogens (primary N) is 1. The highest BCUT2D eigenvalue weighted by Crippen LogP contribution is 2.20. The predicted molar refractivity (Wildman–Crippen MR) is 74.4 cm³/mol. The summed E-state index contributed by atoms with van der Waals surface area (Å²) in [5, 5.41) is 1.76. The molecule has 19 heavy (non-hydrogen) atoms. The van der Waals surface area contributed by atoms with E-state index in [1.54, 1.807) is 30.7 Å². The molecule has 2 rings (SSSR count). The molecule has 0 aromatic carbocycles. The maximum Gasteiger partial charge on any atom is 0.250 e. The lowest BCUT2D eigenvalue weighted by atomic mass is 10.2. The monoisotopic (exact) mass is 300 g/mol. The number of hydrogen-bond donors (Lipinski definition) is 2. The van der Waals surface area contributed by atoms with Crippen LogP contribution in [-0.4, -0.2) is 14.5 Å². The summed E-state index contributed by atoms with van der Waals surface area (Å²) in [5.41, 5.74) is 6.30. The molecule has 0 saturated heterocycles. The van der Waals surface area contributed by atoms with Gasteiger partial charge in [0.25, 0.3) is 0 Å². The van der Waals surface area contributed by atoms with Gasteiger partial charge in [-0.25, -0.2) is 13.1 Å². The van der Waals surface area contributed by atoms with E-state index in [1.165, 1.54) is 11.3 Å². The summed E-state index contributed by atoms with van der Waals surface area (Å²) in [6, 6.07) is 4.97. The average molecular weight is 300 g/mol. The molecule has 0 saturated carbocycles. The molecule has 0 fully saturated rings. The van der Waals surface area contributed by atoms with Crippen molar-refractivity contribution in [1.29, 1.82) is 0 Å². The van der Waals surface area contributed by atoms with Crippen molar-refractivity contribution < 1.29 is 12.8 Å². The summed E-state index contributed by atoms with van der Waals surface area (Å²) in [4.78, 5) is 0. The largest absolute Gasteiger partial charge is 0.469 e. The first-order valence-corrected chi connectivity index (χ1v) is 8.20. The van der Waals surface area contributed by atoms with Gasteiger partial charge in [0.2, 0.25) is 10.0 Å². The topological polar surface area (TPSA) is 85.3 Å². The SMILES string of the molecule is CC(Cc1ccco1)NS(=O)(=O)c1cc(CN)cs1. The third-order valence-corrected chi connectivity index (χ3v) is 5.65. The predicted octanol–water partition coefficient (Wildman–Crippen LogP) is 1.71. The summed E-state index contributed by atoms with van der Waals surface area (Å²) < 4.78 is 32.4. The summed E-state index contributed by atoms with van der Waals surface area (Å²) in [5.74, 6) is 0.754. The van der Waals surface area contributed by atoms with Crippen LogP contribution in [0.15, 0.2) is 38.5 Å². The van der Waals surface area contributed by atoms with Gasteiger partial charge in [0, 0.05) is 19.0 Å². The average Bonchev–Trinajstić information content (AvgIpc) is 2.97. The van der Waals surface area contributed by atoms with Gasteiger partial charge in [-0.2, -0.15) is 0 Å². The Morgan fingerprint density at radius 2 is 2.32 bits per heavy atom. The van der Waals surface area contributed by atoms with Crippen molar-refractivity contribution in [2.75, 3.05) is 0 Å². The number of thiophene rings is 1. The van der Waals surface area contributed by atoms with Gasteiger partial charge in [-0.3, -0.25) is 0 Å². The molecule has 3 N–H and O–H groups in total. The van der Waals surface area contributed by atoms with Gasteiger partial charge in [-0.05, 0) is 36.1 Å². The standard InChI is InChI=1S/C12H16N2O3S2/c1-9(5-11-3-2-4-17-11)14-19(15,16)12-6-10(7-13)8-18-12/h2-4,6,8-9,14H,5,7,13H2,1H3. The zero-order valence-electron chi connectivity index (χ0n) is 10.5. The lowest BCUT2D eigenvalue weighted by Gasteiger charge is -2.11. The molecule has 2 heterocycles. The highest BCUT2D eigenvalue weighted by Gasteiger charge is 2.20. The van der Waals surface area contributed by atoms with E-state index in [2.05, 4.69) is 4.72 Å². The van der Waals surface area contributed by atoms with Crippen LogP contribution in [0, 0.1) is 0 Å². The highest BCUT2D eigenvalue weighted by molar-refractivity contribution is 7.91. The smallest absolute Gasteiger partial charge is 0.250 e. The fourth-order valence-electron chi connectivity index (χ4n) is 1.70. The summed E-state index contributed by atoms with van der Waals surface area (Å²) in [6.45, 7) is 2.14. The van der Waals surface area contributed by atoms with Crippen LogP contribution in [0.4, 0.5) is 0 Å². The Balaban J connectivity index is 2.04. The van der Waals surface area contributed by atoms with E-state index >= 15 is 0 Å². The third-order valence-electron chi connectivity index (χ3n) is 2.57. The van der Waals surface area contributed by atoms with Crippen LogP contribution in [0.1, 0.15) is 18.2 Å². The Bertz CT molecular complexity index is 617. The zero-order chi connectivity index (χ0) is 13.9. The second-order valence-corrected chi connectivity index (χ2v) is 7.14. The maximum absolute atomic E-state index is 12.1. The van der Waals surface area contributed by atoms with E-state index in [0.717, 1.165) is 11.3 Å². The van der Waals surface area contributed by atoms with E-state index in [-0.39, 0.29) is 6.04 Å². The van der Waals surface area contributed by atoms with Gasteiger partial charge >= 0.3 is 0 Å². The van der Waals surface area contributed by atoms with Crippen LogP contribution < -0.4 is 10.5 Å². The van der Waals surface area contributed by atoms with Crippen LogP contribution in [-0.2, 0) is 23.0 Å². The van der Waals surface area contributed by atoms with Gasteiger partial charge < -0.3 is 10.2 Å². The molecule has 104 valence electrons. The van der Waals surface area contributed by atoms with E-state index in [9.17, 15) is 8.42 Å². The number of sulfonamides is 1. The normalized spacial score (nSPS) is 13.6. The van der Waals surface area contributed by atoms with Crippen molar-refractivity contribution in [3.63, 3.8) is 0 Å². The molecule has 0 amide bonds. The van der Waals surface area contributed by atoms with Gasteiger partial charge in [-0.15, -0.1) is 11.3 Å². The first-order chi connectivity index (χ1) is 9.01. The molecular weight excluding hydrogens is 284 g/mol. The van der Waals surface area contributed by atoms with Gasteiger partial charge in [-0.1, -0.05) is 0 Å². The molecule has 0 aliphatic heterocycles. The molecular formula is C12H16N2O3S2. The van der Waals surface area contributed by atoms with Crippen LogP contribution >= 0.6 is 11.3 Å². The van der Waals surface area contributed by atoms with Crippen molar-refractivity contribution in [3.05, 3.63) is 41.2 Å². The molecule has 0 bridgehead atoms. The fraction of sp³-hybridized carbons (Fsp3) is 0.333. The highest BCUT2D eigenvalue weighted by atomic mass is 32.2. The molecule has 0 radical (unpaired) electrons. The Morgan fingerprint density at radius 3 is 2.89 bits per heavy atom. The zero-order valence-corrected chi connectivity index (χ0v) is 12.1. The lowest BCUT2D eigenvalue weighted by molar-refractivity contribution is 0.479. The second-order valence-electron chi connectivity index (χ2n) is 4.28. The van der Waals surface area contributed by atoms with E-state index in [4.69, 9.17) is 10.2 Å². The lowest BCUT2D eigenvalue weighted by Crippen LogP contribution is -2.33. The molecule has 2 aromatic heterocycles. The minimum atomic E-state index is -3.48. The first kappa shape index (κ1) is 14.3. The number of nitrogens with one attached hydrogen (secondary N) is 1. The minimum absolute atomic E-state index is 0.237. The Hall–Kier alpha value is -1.15. The number of furan rings is 1. The Morgan fingerprint density at radius 1 is 1.53 bits per heavy atom. The molecule has 2 aromatic rings. The Kier molecular flexibility index (Phi) is 4.41. The quantitative estimate of drug-likeness (QED) is 0.850. The fourth-order valence-corrected chi connectivity index (χ4v) is 4.18. The van der Waals surface area contributed by atoms with Crippen LogP contribution in [0.3, 0.4) is 0 Å². The molecule has 1 unspecified atom stereocenters. The molecule has 0 aliphatic rings. The van der Waals surface area contributed by atoms with Crippen molar-refractivity contribution >= 4 is 21.4 Å². The molecule has 7 heteroatoms. The van der Waals surface area contributed by atoms with Crippen LogP contribution in [0.25, 0.3) is 0 Å². The summed E-state index contributed by atoms with van der Waals surface area (Å²) >= 11 is 1.18. The van der Waals surface area contributed by atoms with Crippen molar-refractivity contribution in [2.24, 2.45) is 5.73 Å². The van der Waals surface area contributed by atoms with E-state index in [1.807, 2.05) is 6.07 Å². The van der Waals surface area contributed by atoms with Gasteiger partial charge in [0.1, 0.15) is 9.97 Å². The van der Waals surface area contributed by atoms with Crippen molar-refractivity contribution in [3.8, 4) is 0 Å². The van der Waals surface area contributed by atoms with Crippen LogP contribution in [0.2, 0.25) is 0 Å². The minimum Gasteiger partial charge on any atom is -0.469 e. The van der Waals surface area contributed by atoms with E-state index < -0.39 is 10.0 Å². The van der Waals surface area contributed by atoms with Crippen molar-refractivity contribution in [1.82, 2.24) is 4.72 Å². The Labute approximate surface area is 116 Å². The molecule has 5 nitrogen and oxygen atoms in total. The number of hydrogen-bond acceptors (Lipinski definition) is 5.